The Morgan fingerprint density at radius 2 is 2.21 bits per heavy atom. The van der Waals surface area contributed by atoms with Crippen LogP contribution in [0.5, 0.6) is 5.88 Å². The van der Waals surface area contributed by atoms with Crippen molar-refractivity contribution in [2.45, 2.75) is 20.0 Å². The van der Waals surface area contributed by atoms with E-state index in [4.69, 9.17) is 9.47 Å². The summed E-state index contributed by atoms with van der Waals surface area (Å²) in [5.41, 5.74) is 0. The summed E-state index contributed by atoms with van der Waals surface area (Å²) in [6, 6.07) is 3.74. The van der Waals surface area contributed by atoms with Gasteiger partial charge < -0.3 is 9.47 Å². The third-order valence-electron chi connectivity index (χ3n) is 1.50. The van der Waals surface area contributed by atoms with E-state index in [0.29, 0.717) is 19.1 Å². The highest BCUT2D eigenvalue weighted by Crippen LogP contribution is 2.20. The minimum absolute atomic E-state index is 0.241. The molecule has 0 aliphatic rings. The number of pyridine rings is 1. The Morgan fingerprint density at radius 3 is 2.86 bits per heavy atom. The predicted molar refractivity (Wildman–Crippen MR) is 58.5 cm³/mol. The zero-order valence-corrected chi connectivity index (χ0v) is 9.95. The molecule has 0 atom stereocenters. The van der Waals surface area contributed by atoms with Crippen LogP contribution in [-0.2, 0) is 4.74 Å². The summed E-state index contributed by atoms with van der Waals surface area (Å²) in [6.45, 7) is 5.10. The van der Waals surface area contributed by atoms with Crippen LogP contribution in [0.1, 0.15) is 13.8 Å². The lowest BCUT2D eigenvalue weighted by atomic mass is 10.5. The number of rotatable bonds is 5. The van der Waals surface area contributed by atoms with Crippen LogP contribution in [0.4, 0.5) is 0 Å². The van der Waals surface area contributed by atoms with Crippen molar-refractivity contribution in [2.75, 3.05) is 13.2 Å². The van der Waals surface area contributed by atoms with E-state index in [1.807, 2.05) is 26.0 Å². The van der Waals surface area contributed by atoms with Gasteiger partial charge in [-0.25, -0.2) is 4.98 Å². The molecule has 0 unspecified atom stereocenters. The molecular weight excluding hydrogens is 246 g/mol. The molecule has 1 aromatic rings. The molecule has 4 heteroatoms. The SMILES string of the molecule is CC(C)OCCOc1ncccc1Br. The molecule has 0 saturated carbocycles. The van der Waals surface area contributed by atoms with E-state index >= 15 is 0 Å². The van der Waals surface area contributed by atoms with Crippen LogP contribution in [-0.4, -0.2) is 24.3 Å². The number of nitrogens with zero attached hydrogens (tertiary/aromatic N) is 1. The molecule has 1 heterocycles. The minimum Gasteiger partial charge on any atom is -0.474 e. The Labute approximate surface area is 92.6 Å². The van der Waals surface area contributed by atoms with Crippen LogP contribution < -0.4 is 4.74 Å². The van der Waals surface area contributed by atoms with Crippen LogP contribution >= 0.6 is 15.9 Å². The van der Waals surface area contributed by atoms with E-state index in [2.05, 4.69) is 20.9 Å². The smallest absolute Gasteiger partial charge is 0.228 e. The monoisotopic (exact) mass is 259 g/mol. The van der Waals surface area contributed by atoms with Gasteiger partial charge in [-0.2, -0.15) is 0 Å². The predicted octanol–water partition coefficient (Wildman–Crippen LogP) is 2.65. The highest BCUT2D eigenvalue weighted by Gasteiger charge is 2.00. The summed E-state index contributed by atoms with van der Waals surface area (Å²) in [5.74, 6) is 0.611. The van der Waals surface area contributed by atoms with Gasteiger partial charge in [0.2, 0.25) is 5.88 Å². The van der Waals surface area contributed by atoms with Crippen LogP contribution in [0.25, 0.3) is 0 Å². The molecule has 0 spiro atoms. The average molecular weight is 260 g/mol. The van der Waals surface area contributed by atoms with E-state index < -0.39 is 0 Å². The molecule has 1 aromatic heterocycles. The van der Waals surface area contributed by atoms with Crippen molar-refractivity contribution in [3.05, 3.63) is 22.8 Å². The topological polar surface area (TPSA) is 31.4 Å². The Morgan fingerprint density at radius 1 is 1.43 bits per heavy atom. The van der Waals surface area contributed by atoms with Crippen molar-refractivity contribution in [2.24, 2.45) is 0 Å². The van der Waals surface area contributed by atoms with Gasteiger partial charge in [-0.3, -0.25) is 0 Å². The first-order chi connectivity index (χ1) is 6.70. The molecule has 3 nitrogen and oxygen atoms in total. The normalized spacial score (nSPS) is 10.6. The fourth-order valence-electron chi connectivity index (χ4n) is 0.900. The Kier molecular flexibility index (Phi) is 4.90. The van der Waals surface area contributed by atoms with Crippen LogP contribution in [0, 0.1) is 0 Å². The number of hydrogen-bond donors (Lipinski definition) is 0. The number of aromatic nitrogens is 1. The number of hydrogen-bond acceptors (Lipinski definition) is 3. The summed E-state index contributed by atoms with van der Waals surface area (Å²) >= 11 is 3.35. The Bertz CT molecular complexity index is 279. The molecule has 78 valence electrons. The summed E-state index contributed by atoms with van der Waals surface area (Å²) < 4.78 is 11.6. The van der Waals surface area contributed by atoms with E-state index in [-0.39, 0.29) is 6.10 Å². The average Bonchev–Trinajstić information content (AvgIpc) is 2.15. The molecule has 0 amide bonds. The van der Waals surface area contributed by atoms with Crippen molar-refractivity contribution in [1.29, 1.82) is 0 Å². The van der Waals surface area contributed by atoms with Crippen molar-refractivity contribution in [3.63, 3.8) is 0 Å². The second-order valence-electron chi connectivity index (χ2n) is 3.06. The highest BCUT2D eigenvalue weighted by atomic mass is 79.9. The fraction of sp³-hybridized carbons (Fsp3) is 0.500. The fourth-order valence-corrected chi connectivity index (χ4v) is 1.27. The molecule has 0 aliphatic heterocycles. The van der Waals surface area contributed by atoms with Gasteiger partial charge in [0, 0.05) is 6.20 Å². The lowest BCUT2D eigenvalue weighted by molar-refractivity contribution is 0.0541. The molecule has 1 rings (SSSR count). The van der Waals surface area contributed by atoms with Crippen LogP contribution in [0.2, 0.25) is 0 Å². The van der Waals surface area contributed by atoms with Crippen molar-refractivity contribution < 1.29 is 9.47 Å². The summed E-state index contributed by atoms with van der Waals surface area (Å²) in [4.78, 5) is 4.07. The van der Waals surface area contributed by atoms with Gasteiger partial charge in [0.05, 0.1) is 17.2 Å². The zero-order chi connectivity index (χ0) is 10.4. The largest absolute Gasteiger partial charge is 0.474 e. The van der Waals surface area contributed by atoms with Crippen molar-refractivity contribution >= 4 is 15.9 Å². The molecule has 0 saturated heterocycles. The van der Waals surface area contributed by atoms with E-state index in [1.165, 1.54) is 0 Å². The maximum absolute atomic E-state index is 5.40. The second-order valence-corrected chi connectivity index (χ2v) is 3.91. The van der Waals surface area contributed by atoms with Gasteiger partial charge >= 0.3 is 0 Å². The molecule has 0 aromatic carbocycles. The first kappa shape index (κ1) is 11.5. The van der Waals surface area contributed by atoms with Gasteiger partial charge in [-0.05, 0) is 41.9 Å². The number of ether oxygens (including phenoxy) is 2. The third kappa shape index (κ3) is 4.07. The molecular formula is C10H14BrNO2. The van der Waals surface area contributed by atoms with Gasteiger partial charge in [0.15, 0.2) is 0 Å². The minimum atomic E-state index is 0.241. The molecule has 0 aliphatic carbocycles. The maximum Gasteiger partial charge on any atom is 0.228 e. The van der Waals surface area contributed by atoms with Gasteiger partial charge in [-0.1, -0.05) is 0 Å². The van der Waals surface area contributed by atoms with Crippen molar-refractivity contribution in [1.82, 2.24) is 4.98 Å². The molecule has 0 bridgehead atoms. The van der Waals surface area contributed by atoms with Crippen molar-refractivity contribution in [3.8, 4) is 5.88 Å². The summed E-state index contributed by atoms with van der Waals surface area (Å²) in [6.07, 6.45) is 1.94. The molecule has 14 heavy (non-hydrogen) atoms. The third-order valence-corrected chi connectivity index (χ3v) is 2.10. The van der Waals surface area contributed by atoms with Crippen LogP contribution in [0.3, 0.4) is 0 Å². The van der Waals surface area contributed by atoms with E-state index in [9.17, 15) is 0 Å². The lowest BCUT2D eigenvalue weighted by Crippen LogP contribution is -2.11. The number of halogens is 1. The maximum atomic E-state index is 5.40. The highest BCUT2D eigenvalue weighted by molar-refractivity contribution is 9.10. The Balaban J connectivity index is 2.28. The second kappa shape index (κ2) is 5.98. The van der Waals surface area contributed by atoms with Gasteiger partial charge in [0.1, 0.15) is 6.61 Å². The summed E-state index contributed by atoms with van der Waals surface area (Å²) in [5, 5.41) is 0. The molecule has 0 radical (unpaired) electrons. The van der Waals surface area contributed by atoms with Gasteiger partial charge in [0.25, 0.3) is 0 Å². The van der Waals surface area contributed by atoms with E-state index in [0.717, 1.165) is 4.47 Å². The Hall–Kier alpha value is -0.610. The molecule has 0 fully saturated rings. The quantitative estimate of drug-likeness (QED) is 0.762. The summed E-state index contributed by atoms with van der Waals surface area (Å²) in [7, 11) is 0. The molecule has 0 N–H and O–H groups in total. The first-order valence-electron chi connectivity index (χ1n) is 4.55. The van der Waals surface area contributed by atoms with E-state index in [1.54, 1.807) is 6.20 Å². The van der Waals surface area contributed by atoms with Gasteiger partial charge in [-0.15, -0.1) is 0 Å². The van der Waals surface area contributed by atoms with Crippen LogP contribution in [0.15, 0.2) is 22.8 Å². The zero-order valence-electron chi connectivity index (χ0n) is 8.37. The lowest BCUT2D eigenvalue weighted by Gasteiger charge is -2.09. The first-order valence-corrected chi connectivity index (χ1v) is 5.34. The standard InChI is InChI=1S/C10H14BrNO2/c1-8(2)13-6-7-14-10-9(11)4-3-5-12-10/h3-5,8H,6-7H2,1-2H3.